The molecule has 150 valence electrons. The maximum atomic E-state index is 12.1. The van der Waals surface area contributed by atoms with Gasteiger partial charge >= 0.3 is 0 Å². The molecule has 0 saturated carbocycles. The van der Waals surface area contributed by atoms with E-state index in [4.69, 9.17) is 9.47 Å². The minimum absolute atomic E-state index is 0.0810. The number of nitrogens with zero attached hydrogens (tertiary/aromatic N) is 2. The van der Waals surface area contributed by atoms with Crippen LogP contribution in [-0.4, -0.2) is 76.9 Å². The Morgan fingerprint density at radius 3 is 2.89 bits per heavy atom. The first kappa shape index (κ1) is 21.7. The molecule has 1 aliphatic rings. The van der Waals surface area contributed by atoms with E-state index in [-0.39, 0.29) is 5.91 Å². The smallest absolute Gasteiger partial charge is 0.251 e. The molecular formula is C19H29BrN4O3. The number of guanidine groups is 1. The number of halogens is 1. The molecule has 1 fully saturated rings. The van der Waals surface area contributed by atoms with Crippen LogP contribution in [0.25, 0.3) is 0 Å². The van der Waals surface area contributed by atoms with E-state index in [9.17, 15) is 4.79 Å². The fourth-order valence-electron chi connectivity index (χ4n) is 2.97. The minimum Gasteiger partial charge on any atom is -0.382 e. The van der Waals surface area contributed by atoms with Gasteiger partial charge < -0.3 is 25.0 Å². The average molecular weight is 441 g/mol. The van der Waals surface area contributed by atoms with Gasteiger partial charge in [0, 0.05) is 56.3 Å². The van der Waals surface area contributed by atoms with Crippen molar-refractivity contribution in [1.82, 2.24) is 15.5 Å². The molecule has 1 unspecified atom stereocenters. The van der Waals surface area contributed by atoms with Crippen LogP contribution < -0.4 is 10.6 Å². The number of likely N-dealkylation sites (tertiary alicyclic amines) is 1. The third-order valence-electron chi connectivity index (χ3n) is 4.36. The summed E-state index contributed by atoms with van der Waals surface area (Å²) in [6, 6.07) is 7.35. The lowest BCUT2D eigenvalue weighted by molar-refractivity contribution is 0.0536. The molecule has 1 aromatic rings. The summed E-state index contributed by atoms with van der Waals surface area (Å²) in [6.45, 7) is 5.06. The van der Waals surface area contributed by atoms with Crippen molar-refractivity contribution >= 4 is 27.8 Å². The van der Waals surface area contributed by atoms with E-state index in [0.29, 0.717) is 37.8 Å². The SMILES string of the molecule is CN=C(NCCNC(=O)c1cccc(Br)c1)N1CCC(COCCOC)C1. The second kappa shape index (κ2) is 11.9. The summed E-state index contributed by atoms with van der Waals surface area (Å²) in [7, 11) is 3.46. The molecule has 7 nitrogen and oxygen atoms in total. The Labute approximate surface area is 169 Å². The molecule has 0 bridgehead atoms. The van der Waals surface area contributed by atoms with Crippen molar-refractivity contribution in [2.75, 3.05) is 60.2 Å². The van der Waals surface area contributed by atoms with E-state index >= 15 is 0 Å². The summed E-state index contributed by atoms with van der Waals surface area (Å²) in [6.07, 6.45) is 1.09. The second-order valence-electron chi connectivity index (χ2n) is 6.41. The fraction of sp³-hybridized carbons (Fsp3) is 0.579. The molecule has 1 atom stereocenters. The number of carbonyl (C=O) groups excluding carboxylic acids is 1. The number of nitrogens with one attached hydrogen (secondary N) is 2. The van der Waals surface area contributed by atoms with Crippen LogP contribution in [0.15, 0.2) is 33.7 Å². The fourth-order valence-corrected chi connectivity index (χ4v) is 3.37. The number of rotatable bonds is 9. The molecule has 0 aliphatic carbocycles. The Bertz CT molecular complexity index is 627. The monoisotopic (exact) mass is 440 g/mol. The van der Waals surface area contributed by atoms with E-state index in [2.05, 4.69) is 36.5 Å². The third kappa shape index (κ3) is 7.48. The maximum absolute atomic E-state index is 12.1. The summed E-state index contributed by atoms with van der Waals surface area (Å²) in [5.74, 6) is 1.30. The van der Waals surface area contributed by atoms with Gasteiger partial charge in [0.1, 0.15) is 0 Å². The van der Waals surface area contributed by atoms with Crippen LogP contribution in [-0.2, 0) is 9.47 Å². The highest BCUT2D eigenvalue weighted by molar-refractivity contribution is 9.10. The molecule has 0 spiro atoms. The first-order valence-electron chi connectivity index (χ1n) is 9.20. The van der Waals surface area contributed by atoms with Crippen LogP contribution in [0.5, 0.6) is 0 Å². The zero-order chi connectivity index (χ0) is 19.5. The molecule has 1 amide bonds. The predicted molar refractivity (Wildman–Crippen MR) is 110 cm³/mol. The van der Waals surface area contributed by atoms with E-state index in [1.807, 2.05) is 12.1 Å². The third-order valence-corrected chi connectivity index (χ3v) is 4.86. The average Bonchev–Trinajstić information content (AvgIpc) is 3.14. The Balaban J connectivity index is 1.66. The van der Waals surface area contributed by atoms with E-state index in [1.54, 1.807) is 26.3 Å². The number of hydrogen-bond acceptors (Lipinski definition) is 4. The Morgan fingerprint density at radius 1 is 1.33 bits per heavy atom. The first-order chi connectivity index (χ1) is 13.1. The van der Waals surface area contributed by atoms with Crippen LogP contribution >= 0.6 is 15.9 Å². The minimum atomic E-state index is -0.0810. The van der Waals surface area contributed by atoms with Gasteiger partial charge in [-0.05, 0) is 24.6 Å². The van der Waals surface area contributed by atoms with E-state index in [1.165, 1.54) is 0 Å². The predicted octanol–water partition coefficient (Wildman–Crippen LogP) is 1.74. The lowest BCUT2D eigenvalue weighted by Crippen LogP contribution is -2.43. The van der Waals surface area contributed by atoms with Crippen molar-refractivity contribution in [2.24, 2.45) is 10.9 Å². The number of aliphatic imine (C=N–C) groups is 1. The van der Waals surface area contributed by atoms with Gasteiger partial charge in [-0.25, -0.2) is 0 Å². The summed E-state index contributed by atoms with van der Waals surface area (Å²) in [5, 5.41) is 6.23. The molecule has 1 aliphatic heterocycles. The maximum Gasteiger partial charge on any atom is 0.251 e. The molecule has 0 radical (unpaired) electrons. The highest BCUT2D eigenvalue weighted by atomic mass is 79.9. The van der Waals surface area contributed by atoms with Gasteiger partial charge in [-0.3, -0.25) is 9.79 Å². The van der Waals surface area contributed by atoms with E-state index < -0.39 is 0 Å². The Kier molecular flexibility index (Phi) is 9.58. The summed E-state index contributed by atoms with van der Waals surface area (Å²) in [5.41, 5.74) is 0.643. The number of methoxy groups -OCH3 is 1. The van der Waals surface area contributed by atoms with Crippen molar-refractivity contribution in [3.63, 3.8) is 0 Å². The highest BCUT2D eigenvalue weighted by Gasteiger charge is 2.24. The first-order valence-corrected chi connectivity index (χ1v) is 9.99. The normalized spacial score (nSPS) is 17.2. The standard InChI is InChI=1S/C19H29BrN4O3/c1-21-19(24-9-6-15(13-24)14-27-11-10-26-2)23-8-7-22-18(25)16-4-3-5-17(20)12-16/h3-5,12,15H,6-11,13-14H2,1-2H3,(H,21,23)(H,22,25). The molecule has 1 aromatic carbocycles. The van der Waals surface area contributed by atoms with Gasteiger partial charge in [-0.1, -0.05) is 22.0 Å². The summed E-state index contributed by atoms with van der Waals surface area (Å²) in [4.78, 5) is 18.7. The number of amides is 1. The summed E-state index contributed by atoms with van der Waals surface area (Å²) >= 11 is 3.38. The number of benzene rings is 1. The topological polar surface area (TPSA) is 75.2 Å². The van der Waals surface area contributed by atoms with Gasteiger partial charge in [-0.2, -0.15) is 0 Å². The van der Waals surface area contributed by atoms with Gasteiger partial charge in [0.05, 0.1) is 19.8 Å². The van der Waals surface area contributed by atoms with E-state index in [0.717, 1.165) is 36.5 Å². The van der Waals surface area contributed by atoms with Crippen LogP contribution in [0.1, 0.15) is 16.8 Å². The summed E-state index contributed by atoms with van der Waals surface area (Å²) < 4.78 is 11.5. The van der Waals surface area contributed by atoms with Gasteiger partial charge in [0.25, 0.3) is 5.91 Å². The largest absolute Gasteiger partial charge is 0.382 e. The molecular weight excluding hydrogens is 412 g/mol. The quantitative estimate of drug-likeness (QED) is 0.347. The van der Waals surface area contributed by atoms with Crippen molar-refractivity contribution in [2.45, 2.75) is 6.42 Å². The van der Waals surface area contributed by atoms with Gasteiger partial charge in [-0.15, -0.1) is 0 Å². The Morgan fingerprint density at radius 2 is 2.15 bits per heavy atom. The zero-order valence-corrected chi connectivity index (χ0v) is 17.6. The zero-order valence-electron chi connectivity index (χ0n) is 16.0. The number of ether oxygens (including phenoxy) is 2. The van der Waals surface area contributed by atoms with Crippen molar-refractivity contribution < 1.29 is 14.3 Å². The van der Waals surface area contributed by atoms with Crippen LogP contribution in [0.4, 0.5) is 0 Å². The molecule has 27 heavy (non-hydrogen) atoms. The van der Waals surface area contributed by atoms with Crippen LogP contribution in [0, 0.1) is 5.92 Å². The van der Waals surface area contributed by atoms with Gasteiger partial charge in [0.2, 0.25) is 0 Å². The lowest BCUT2D eigenvalue weighted by atomic mass is 10.1. The molecule has 8 heteroatoms. The number of carbonyl (C=O) groups is 1. The number of hydrogen-bond donors (Lipinski definition) is 2. The molecule has 0 aromatic heterocycles. The second-order valence-corrected chi connectivity index (χ2v) is 7.32. The lowest BCUT2D eigenvalue weighted by Gasteiger charge is -2.22. The molecule has 2 N–H and O–H groups in total. The molecule has 1 saturated heterocycles. The van der Waals surface area contributed by atoms with Crippen LogP contribution in [0.2, 0.25) is 0 Å². The molecule has 2 rings (SSSR count). The Hall–Kier alpha value is -1.64. The van der Waals surface area contributed by atoms with Crippen molar-refractivity contribution in [3.05, 3.63) is 34.3 Å². The van der Waals surface area contributed by atoms with Crippen molar-refractivity contribution in [1.29, 1.82) is 0 Å². The molecule has 1 heterocycles. The van der Waals surface area contributed by atoms with Gasteiger partial charge in [0.15, 0.2) is 5.96 Å². The highest BCUT2D eigenvalue weighted by Crippen LogP contribution is 2.16. The van der Waals surface area contributed by atoms with Crippen molar-refractivity contribution in [3.8, 4) is 0 Å². The van der Waals surface area contributed by atoms with Crippen LogP contribution in [0.3, 0.4) is 0 Å².